The summed E-state index contributed by atoms with van der Waals surface area (Å²) in [5.41, 5.74) is 0.481. The van der Waals surface area contributed by atoms with Crippen molar-refractivity contribution in [3.63, 3.8) is 0 Å². The standard InChI is InChI=1S/C20H21ClF3NO2/c1-13(21)25-12-18-11-17(15-6-4-3-5-7-15)10-16(8-9-27-14(2)26)19(18)20(22,23)24/h3-7,10-11,13,25H,8-9,12H2,1-2H3. The molecule has 2 rings (SSSR count). The Morgan fingerprint density at radius 1 is 1.15 bits per heavy atom. The number of nitrogens with one attached hydrogen (secondary N) is 1. The molecule has 0 saturated heterocycles. The van der Waals surface area contributed by atoms with Crippen molar-refractivity contribution in [2.75, 3.05) is 6.61 Å². The van der Waals surface area contributed by atoms with E-state index in [0.717, 1.165) is 5.56 Å². The fraction of sp³-hybridized carbons (Fsp3) is 0.350. The lowest BCUT2D eigenvalue weighted by molar-refractivity contribution is -0.141. The molecule has 1 atom stereocenters. The minimum atomic E-state index is -4.53. The highest BCUT2D eigenvalue weighted by Gasteiger charge is 2.36. The average Bonchev–Trinajstić information content (AvgIpc) is 2.59. The summed E-state index contributed by atoms with van der Waals surface area (Å²) in [5, 5.41) is 2.83. The predicted molar refractivity (Wildman–Crippen MR) is 99.4 cm³/mol. The summed E-state index contributed by atoms with van der Waals surface area (Å²) in [5.74, 6) is -0.527. The number of carbonyl (C=O) groups is 1. The van der Waals surface area contributed by atoms with E-state index in [-0.39, 0.29) is 30.7 Å². The summed E-state index contributed by atoms with van der Waals surface area (Å²) < 4.78 is 46.2. The Morgan fingerprint density at radius 3 is 2.33 bits per heavy atom. The molecule has 1 unspecified atom stereocenters. The molecule has 0 radical (unpaired) electrons. The first-order valence-electron chi connectivity index (χ1n) is 8.47. The molecule has 27 heavy (non-hydrogen) atoms. The maximum atomic E-state index is 13.8. The van der Waals surface area contributed by atoms with Crippen LogP contribution in [0.1, 0.15) is 30.5 Å². The molecule has 0 spiro atoms. The van der Waals surface area contributed by atoms with E-state index in [2.05, 4.69) is 5.32 Å². The third kappa shape index (κ3) is 6.26. The zero-order chi connectivity index (χ0) is 20.0. The zero-order valence-corrected chi connectivity index (χ0v) is 15.8. The minimum absolute atomic E-state index is 0.0270. The number of alkyl halides is 4. The maximum Gasteiger partial charge on any atom is 0.416 e. The van der Waals surface area contributed by atoms with Gasteiger partial charge in [-0.2, -0.15) is 13.2 Å². The van der Waals surface area contributed by atoms with E-state index in [1.807, 2.05) is 30.3 Å². The molecule has 0 saturated carbocycles. The van der Waals surface area contributed by atoms with Crippen LogP contribution in [0.5, 0.6) is 0 Å². The van der Waals surface area contributed by atoms with Crippen LogP contribution in [-0.2, 0) is 28.7 Å². The van der Waals surface area contributed by atoms with E-state index < -0.39 is 23.2 Å². The van der Waals surface area contributed by atoms with Crippen LogP contribution in [0.15, 0.2) is 42.5 Å². The van der Waals surface area contributed by atoms with Gasteiger partial charge in [0.25, 0.3) is 0 Å². The van der Waals surface area contributed by atoms with Crippen LogP contribution in [0.4, 0.5) is 13.2 Å². The Kier molecular flexibility index (Phi) is 7.27. The largest absolute Gasteiger partial charge is 0.466 e. The van der Waals surface area contributed by atoms with E-state index >= 15 is 0 Å². The minimum Gasteiger partial charge on any atom is -0.466 e. The number of hydrogen-bond donors (Lipinski definition) is 1. The smallest absolute Gasteiger partial charge is 0.416 e. The highest BCUT2D eigenvalue weighted by Crippen LogP contribution is 2.38. The number of esters is 1. The Bertz CT molecular complexity index is 777. The van der Waals surface area contributed by atoms with Gasteiger partial charge in [0.15, 0.2) is 0 Å². The van der Waals surface area contributed by atoms with Crippen molar-refractivity contribution >= 4 is 17.6 Å². The first-order chi connectivity index (χ1) is 12.7. The first-order valence-corrected chi connectivity index (χ1v) is 8.91. The second kappa shape index (κ2) is 9.24. The van der Waals surface area contributed by atoms with Gasteiger partial charge in [0.05, 0.1) is 17.7 Å². The number of hydrogen-bond acceptors (Lipinski definition) is 3. The molecule has 0 bridgehead atoms. The summed E-state index contributed by atoms with van der Waals surface area (Å²) in [4.78, 5) is 11.0. The van der Waals surface area contributed by atoms with E-state index in [9.17, 15) is 18.0 Å². The van der Waals surface area contributed by atoms with Gasteiger partial charge < -0.3 is 4.74 Å². The Hall–Kier alpha value is -2.05. The van der Waals surface area contributed by atoms with Crippen molar-refractivity contribution in [3.05, 3.63) is 59.2 Å². The molecule has 0 fully saturated rings. The fourth-order valence-corrected chi connectivity index (χ4v) is 2.90. The third-order valence-electron chi connectivity index (χ3n) is 3.94. The zero-order valence-electron chi connectivity index (χ0n) is 15.1. The molecule has 0 amide bonds. The topological polar surface area (TPSA) is 38.3 Å². The van der Waals surface area contributed by atoms with Gasteiger partial charge in [-0.3, -0.25) is 10.1 Å². The van der Waals surface area contributed by atoms with Gasteiger partial charge in [-0.1, -0.05) is 36.4 Å². The van der Waals surface area contributed by atoms with E-state index in [1.54, 1.807) is 6.92 Å². The van der Waals surface area contributed by atoms with Crippen LogP contribution in [0.3, 0.4) is 0 Å². The summed E-state index contributed by atoms with van der Waals surface area (Å²) in [7, 11) is 0. The third-order valence-corrected chi connectivity index (χ3v) is 4.10. The quantitative estimate of drug-likeness (QED) is 0.397. The van der Waals surface area contributed by atoms with Gasteiger partial charge in [0.1, 0.15) is 0 Å². The molecule has 1 N–H and O–H groups in total. The predicted octanol–water partition coefficient (Wildman–Crippen LogP) is 5.15. The Morgan fingerprint density at radius 2 is 1.78 bits per heavy atom. The summed E-state index contributed by atoms with van der Waals surface area (Å²) in [6.45, 7) is 2.73. The van der Waals surface area contributed by atoms with Gasteiger partial charge in [-0.15, -0.1) is 11.6 Å². The van der Waals surface area contributed by atoms with Gasteiger partial charge in [-0.05, 0) is 35.2 Å². The fourth-order valence-electron chi connectivity index (χ4n) is 2.82. The second-order valence-electron chi connectivity index (χ2n) is 6.12. The van der Waals surface area contributed by atoms with E-state index in [1.165, 1.54) is 19.1 Å². The second-order valence-corrected chi connectivity index (χ2v) is 6.77. The van der Waals surface area contributed by atoms with Crippen LogP contribution in [0.2, 0.25) is 0 Å². The molecule has 0 aliphatic rings. The van der Waals surface area contributed by atoms with Crippen molar-refractivity contribution in [2.24, 2.45) is 0 Å². The summed E-state index contributed by atoms with van der Waals surface area (Å²) >= 11 is 5.86. The number of benzene rings is 2. The average molecular weight is 400 g/mol. The van der Waals surface area contributed by atoms with Crippen molar-refractivity contribution < 1.29 is 22.7 Å². The summed E-state index contributed by atoms with van der Waals surface area (Å²) in [6.07, 6.45) is -4.56. The number of carbonyl (C=O) groups excluding carboxylic acids is 1. The van der Waals surface area contributed by atoms with Crippen molar-refractivity contribution in [1.82, 2.24) is 5.32 Å². The molecule has 2 aromatic carbocycles. The van der Waals surface area contributed by atoms with E-state index in [0.29, 0.717) is 5.56 Å². The van der Waals surface area contributed by atoms with Gasteiger partial charge in [0, 0.05) is 19.9 Å². The van der Waals surface area contributed by atoms with Crippen LogP contribution >= 0.6 is 11.6 Å². The van der Waals surface area contributed by atoms with Crippen molar-refractivity contribution in [3.8, 4) is 11.1 Å². The molecule has 0 heterocycles. The number of ether oxygens (including phenoxy) is 1. The molecular weight excluding hydrogens is 379 g/mol. The lowest BCUT2D eigenvalue weighted by atomic mass is 9.92. The van der Waals surface area contributed by atoms with Gasteiger partial charge in [-0.25, -0.2) is 0 Å². The maximum absolute atomic E-state index is 13.8. The normalized spacial score (nSPS) is 12.7. The molecule has 146 valence electrons. The molecule has 7 heteroatoms. The molecule has 0 aromatic heterocycles. The monoisotopic (exact) mass is 399 g/mol. The van der Waals surface area contributed by atoms with Crippen molar-refractivity contribution in [2.45, 2.75) is 38.5 Å². The van der Waals surface area contributed by atoms with Crippen LogP contribution in [0.25, 0.3) is 11.1 Å². The Labute approximate surface area is 161 Å². The van der Waals surface area contributed by atoms with Gasteiger partial charge >= 0.3 is 12.1 Å². The number of rotatable bonds is 7. The highest BCUT2D eigenvalue weighted by molar-refractivity contribution is 6.20. The lowest BCUT2D eigenvalue weighted by Gasteiger charge is -2.20. The first kappa shape index (κ1) is 21.3. The molecule has 3 nitrogen and oxygen atoms in total. The Balaban J connectivity index is 2.54. The van der Waals surface area contributed by atoms with Crippen LogP contribution in [-0.4, -0.2) is 18.1 Å². The molecular formula is C20H21ClF3NO2. The summed E-state index contributed by atoms with van der Waals surface area (Å²) in [6, 6.07) is 12.2. The van der Waals surface area contributed by atoms with Crippen molar-refractivity contribution in [1.29, 1.82) is 0 Å². The molecule has 0 aliphatic heterocycles. The highest BCUT2D eigenvalue weighted by atomic mass is 35.5. The molecule has 0 aliphatic carbocycles. The lowest BCUT2D eigenvalue weighted by Crippen LogP contribution is -2.23. The number of halogens is 4. The van der Waals surface area contributed by atoms with E-state index in [4.69, 9.17) is 16.3 Å². The molecule has 2 aromatic rings. The SMILES string of the molecule is CC(=O)OCCc1cc(-c2ccccc2)cc(CNC(C)Cl)c1C(F)(F)F. The van der Waals surface area contributed by atoms with Crippen LogP contribution < -0.4 is 5.32 Å². The van der Waals surface area contributed by atoms with Crippen LogP contribution in [0, 0.1) is 0 Å². The van der Waals surface area contributed by atoms with Gasteiger partial charge in [0.2, 0.25) is 0 Å².